The summed E-state index contributed by atoms with van der Waals surface area (Å²) in [6.07, 6.45) is 0. The molecular weight excluding hydrogens is 249 g/mol. The van der Waals surface area contributed by atoms with Gasteiger partial charge in [0.25, 0.3) is 0 Å². The molecule has 0 heterocycles. The molecule has 0 aliphatic heterocycles. The fraction of sp³-hybridized carbons (Fsp3) is 0.417. The number of para-hydroxylation sites is 1. The Labute approximate surface area is 109 Å². The van der Waals surface area contributed by atoms with Crippen molar-refractivity contribution in [3.63, 3.8) is 0 Å². The van der Waals surface area contributed by atoms with Crippen LogP contribution in [-0.4, -0.2) is 50.6 Å². The fourth-order valence-corrected chi connectivity index (χ4v) is 2.68. The topological polar surface area (TPSA) is 45.1 Å². The van der Waals surface area contributed by atoms with Crippen molar-refractivity contribution >= 4 is 13.5 Å². The summed E-state index contributed by atoms with van der Waals surface area (Å²) < 4.78 is 22.0. The van der Waals surface area contributed by atoms with Crippen molar-refractivity contribution in [3.8, 4) is 5.75 Å². The molecule has 0 radical (unpaired) electrons. The zero-order chi connectivity index (χ0) is 13.8. The normalized spacial score (nSPS) is 13.4. The average molecular weight is 269 g/mol. The summed E-state index contributed by atoms with van der Waals surface area (Å²) in [5.74, 6) is 1.17. The van der Waals surface area contributed by atoms with E-state index in [1.54, 1.807) is 21.9 Å². The first-order chi connectivity index (χ1) is 8.32. The lowest BCUT2D eigenvalue weighted by atomic mass is 10.3. The van der Waals surface area contributed by atoms with E-state index in [2.05, 4.69) is 4.76 Å². The molecule has 0 aliphatic rings. The molecule has 1 aromatic carbocycles. The van der Waals surface area contributed by atoms with E-state index in [0.29, 0.717) is 11.7 Å². The monoisotopic (exact) mass is 269 g/mol. The van der Waals surface area contributed by atoms with Gasteiger partial charge in [-0.2, -0.15) is 4.76 Å². The predicted molar refractivity (Wildman–Crippen MR) is 75.4 cm³/mol. The number of nitrogens with zero attached hydrogens (tertiary/aromatic N) is 3. The van der Waals surface area contributed by atoms with Crippen LogP contribution in [0.2, 0.25) is 0 Å². The first-order valence-electron chi connectivity index (χ1n) is 5.59. The molecule has 1 unspecified atom stereocenters. The highest BCUT2D eigenvalue weighted by Gasteiger charge is 2.19. The number of benzene rings is 1. The van der Waals surface area contributed by atoms with E-state index >= 15 is 0 Å². The molecule has 1 rings (SSSR count). The Morgan fingerprint density at radius 2 is 1.61 bits per heavy atom. The third-order valence-electron chi connectivity index (χ3n) is 2.09. The quantitative estimate of drug-likeness (QED) is 0.480. The van der Waals surface area contributed by atoms with Crippen molar-refractivity contribution < 1.29 is 9.09 Å². The minimum atomic E-state index is -3.07. The summed E-state index contributed by atoms with van der Waals surface area (Å²) in [6, 6.07) is 9.06. The van der Waals surface area contributed by atoms with E-state index in [1.165, 1.54) is 6.66 Å². The van der Waals surface area contributed by atoms with Crippen LogP contribution in [0.15, 0.2) is 35.1 Å². The lowest BCUT2D eigenvalue weighted by molar-refractivity contribution is 0.468. The van der Waals surface area contributed by atoms with Gasteiger partial charge in [-0.15, -0.1) is 0 Å². The molecule has 0 fully saturated rings. The second-order valence-corrected chi connectivity index (χ2v) is 6.38. The van der Waals surface area contributed by atoms with Gasteiger partial charge in [0.2, 0.25) is 5.96 Å². The predicted octanol–water partition coefficient (Wildman–Crippen LogP) is 2.37. The van der Waals surface area contributed by atoms with Gasteiger partial charge in [-0.05, 0) is 12.1 Å². The average Bonchev–Trinajstić information content (AvgIpc) is 2.26. The second kappa shape index (κ2) is 5.91. The van der Waals surface area contributed by atoms with Crippen LogP contribution in [0, 0.1) is 0 Å². The summed E-state index contributed by atoms with van der Waals surface area (Å²) in [7, 11) is 4.32. The molecule has 1 atom stereocenters. The largest absolute Gasteiger partial charge is 0.428 e. The molecule has 0 saturated heterocycles. The second-order valence-electron chi connectivity index (χ2n) is 4.40. The Hall–Kier alpha value is -1.48. The maximum absolute atomic E-state index is 12.3. The molecule has 0 saturated carbocycles. The highest BCUT2D eigenvalue weighted by atomic mass is 31.2. The van der Waals surface area contributed by atoms with Gasteiger partial charge in [-0.25, -0.2) is 0 Å². The maximum atomic E-state index is 12.3. The first-order valence-corrected chi connectivity index (χ1v) is 7.61. The third-order valence-corrected chi connectivity index (χ3v) is 3.18. The molecular formula is C12H20N3O2P. The SMILES string of the molecule is CN(C)C(=NP(C)(=O)Oc1ccccc1)N(C)C. The molecule has 5 nitrogen and oxygen atoms in total. The van der Waals surface area contributed by atoms with Crippen LogP contribution in [0.5, 0.6) is 5.75 Å². The lowest BCUT2D eigenvalue weighted by Crippen LogP contribution is -2.35. The number of guanidine groups is 1. The van der Waals surface area contributed by atoms with Gasteiger partial charge >= 0.3 is 7.52 Å². The van der Waals surface area contributed by atoms with Crippen molar-refractivity contribution in [1.82, 2.24) is 9.80 Å². The molecule has 0 amide bonds. The van der Waals surface area contributed by atoms with Crippen LogP contribution >= 0.6 is 7.52 Å². The Balaban J connectivity index is 2.93. The van der Waals surface area contributed by atoms with Gasteiger partial charge in [0.15, 0.2) is 0 Å². The van der Waals surface area contributed by atoms with Crippen LogP contribution < -0.4 is 4.52 Å². The molecule has 1 aromatic rings. The Bertz CT molecular complexity index is 448. The summed E-state index contributed by atoms with van der Waals surface area (Å²) in [5.41, 5.74) is 0. The molecule has 0 aliphatic carbocycles. The molecule has 0 aromatic heterocycles. The molecule has 0 bridgehead atoms. The van der Waals surface area contributed by atoms with Crippen LogP contribution in [0.1, 0.15) is 0 Å². The zero-order valence-corrected chi connectivity index (χ0v) is 12.4. The van der Waals surface area contributed by atoms with Gasteiger partial charge in [-0.3, -0.25) is 4.57 Å². The van der Waals surface area contributed by atoms with Crippen molar-refractivity contribution in [2.45, 2.75) is 0 Å². The number of hydrogen-bond acceptors (Lipinski definition) is 2. The van der Waals surface area contributed by atoms with Crippen molar-refractivity contribution in [2.75, 3.05) is 34.9 Å². The van der Waals surface area contributed by atoms with Gasteiger partial charge < -0.3 is 14.3 Å². The van der Waals surface area contributed by atoms with E-state index in [0.717, 1.165) is 0 Å². The molecule has 0 N–H and O–H groups in total. The fourth-order valence-electron chi connectivity index (χ4n) is 1.44. The number of rotatable bonds is 3. The van der Waals surface area contributed by atoms with Crippen LogP contribution in [0.3, 0.4) is 0 Å². The molecule has 6 heteroatoms. The highest BCUT2D eigenvalue weighted by Crippen LogP contribution is 2.45. The van der Waals surface area contributed by atoms with Gasteiger partial charge in [-0.1, -0.05) is 18.2 Å². The first kappa shape index (κ1) is 14.6. The van der Waals surface area contributed by atoms with E-state index in [1.807, 2.05) is 46.4 Å². The minimum Gasteiger partial charge on any atom is -0.428 e. The Morgan fingerprint density at radius 3 is 2.06 bits per heavy atom. The highest BCUT2D eigenvalue weighted by molar-refractivity contribution is 7.57. The van der Waals surface area contributed by atoms with Crippen molar-refractivity contribution in [3.05, 3.63) is 30.3 Å². The standard InChI is InChI=1S/C12H20N3O2P/c1-14(2)12(15(3)4)13-18(5,16)17-11-9-7-6-8-10-11/h6-10H,1-5H3. The van der Waals surface area contributed by atoms with Crippen LogP contribution in [0.4, 0.5) is 0 Å². The van der Waals surface area contributed by atoms with Gasteiger partial charge in [0.1, 0.15) is 5.75 Å². The van der Waals surface area contributed by atoms with Crippen molar-refractivity contribution in [1.29, 1.82) is 0 Å². The maximum Gasteiger partial charge on any atom is 0.361 e. The lowest BCUT2D eigenvalue weighted by Gasteiger charge is -2.24. The van der Waals surface area contributed by atoms with Crippen LogP contribution in [-0.2, 0) is 4.57 Å². The smallest absolute Gasteiger partial charge is 0.361 e. The summed E-state index contributed by atoms with van der Waals surface area (Å²) >= 11 is 0. The Kier molecular flexibility index (Phi) is 4.79. The van der Waals surface area contributed by atoms with E-state index in [-0.39, 0.29) is 0 Å². The third kappa shape index (κ3) is 4.41. The summed E-state index contributed by atoms with van der Waals surface area (Å²) in [5, 5.41) is 0. The summed E-state index contributed by atoms with van der Waals surface area (Å²) in [4.78, 5) is 3.59. The molecule has 18 heavy (non-hydrogen) atoms. The van der Waals surface area contributed by atoms with Gasteiger partial charge in [0, 0.05) is 34.9 Å². The van der Waals surface area contributed by atoms with E-state index in [4.69, 9.17) is 4.52 Å². The molecule has 0 spiro atoms. The van der Waals surface area contributed by atoms with Gasteiger partial charge in [0.05, 0.1) is 0 Å². The number of hydrogen-bond donors (Lipinski definition) is 0. The Morgan fingerprint density at radius 1 is 1.11 bits per heavy atom. The van der Waals surface area contributed by atoms with E-state index in [9.17, 15) is 4.57 Å². The zero-order valence-electron chi connectivity index (χ0n) is 11.5. The van der Waals surface area contributed by atoms with E-state index < -0.39 is 7.52 Å². The minimum absolute atomic E-state index is 0.559. The van der Waals surface area contributed by atoms with Crippen LogP contribution in [0.25, 0.3) is 0 Å². The molecule has 100 valence electrons. The summed E-state index contributed by atoms with van der Waals surface area (Å²) in [6.45, 7) is 1.51. The van der Waals surface area contributed by atoms with Crippen molar-refractivity contribution in [2.24, 2.45) is 4.76 Å².